The van der Waals surface area contributed by atoms with E-state index in [1.807, 2.05) is 50.1 Å². The number of aromatic nitrogens is 3. The van der Waals surface area contributed by atoms with Crippen LogP contribution in [0, 0.1) is 13.8 Å². The number of fused-ring (bicyclic) bond motifs is 2. The fraction of sp³-hybridized carbons (Fsp3) is 0.320. The zero-order valence-electron chi connectivity index (χ0n) is 18.8. The number of carbonyl (C=O) groups is 1. The molecule has 4 rings (SSSR count). The normalized spacial score (nSPS) is 11.3. The summed E-state index contributed by atoms with van der Waals surface area (Å²) >= 11 is 0. The molecular formula is C25H28N4O2. The van der Waals surface area contributed by atoms with E-state index < -0.39 is 0 Å². The number of carbonyl (C=O) groups excluding carboxylic acids is 1. The second-order valence-electron chi connectivity index (χ2n) is 7.77. The van der Waals surface area contributed by atoms with Gasteiger partial charge in [-0.2, -0.15) is 0 Å². The molecule has 0 aliphatic heterocycles. The number of ether oxygens (including phenoxy) is 1. The predicted molar refractivity (Wildman–Crippen MR) is 125 cm³/mol. The summed E-state index contributed by atoms with van der Waals surface area (Å²) in [5.41, 5.74) is 4.85. The van der Waals surface area contributed by atoms with Gasteiger partial charge in [-0.15, -0.1) is 5.10 Å². The molecule has 2 aromatic carbocycles. The van der Waals surface area contributed by atoms with E-state index in [0.29, 0.717) is 25.3 Å². The zero-order valence-corrected chi connectivity index (χ0v) is 18.8. The highest BCUT2D eigenvalue weighted by Crippen LogP contribution is 2.31. The van der Waals surface area contributed by atoms with Gasteiger partial charge < -0.3 is 9.64 Å². The Kier molecular flexibility index (Phi) is 5.63. The summed E-state index contributed by atoms with van der Waals surface area (Å²) in [5.74, 6) is 0.678. The topological polar surface area (TPSA) is 60.3 Å². The average Bonchev–Trinajstić information content (AvgIpc) is 3.09. The Bertz CT molecular complexity index is 1270. The van der Waals surface area contributed by atoms with E-state index in [4.69, 9.17) is 9.72 Å². The van der Waals surface area contributed by atoms with Gasteiger partial charge in [0.05, 0.1) is 18.2 Å². The first-order valence-electron chi connectivity index (χ1n) is 10.6. The molecule has 0 saturated carbocycles. The van der Waals surface area contributed by atoms with Crippen LogP contribution in [-0.2, 0) is 18.3 Å². The number of nitrogens with zero attached hydrogens (tertiary/aromatic N) is 4. The Balaban J connectivity index is 1.64. The maximum absolute atomic E-state index is 13.3. The molecule has 0 radical (unpaired) electrons. The standard InChI is InChI=1S/C25H28N4O2/c1-6-29(21-13-9-11-18-10-7-8-12-20(18)21)22(30)15-14-19-16(2)23-24(26-17(19)3)28(4)27-25(23)31-5/h7-13H,6,14-15H2,1-5H3. The van der Waals surface area contributed by atoms with Crippen LogP contribution in [0.2, 0.25) is 0 Å². The van der Waals surface area contributed by atoms with E-state index in [1.165, 1.54) is 0 Å². The van der Waals surface area contributed by atoms with Gasteiger partial charge in [-0.05, 0) is 49.8 Å². The highest BCUT2D eigenvalue weighted by molar-refractivity contribution is 6.03. The smallest absolute Gasteiger partial charge is 0.242 e. The number of anilines is 1. The van der Waals surface area contributed by atoms with Gasteiger partial charge >= 0.3 is 0 Å². The van der Waals surface area contributed by atoms with E-state index in [0.717, 1.165) is 44.3 Å². The van der Waals surface area contributed by atoms with Gasteiger partial charge in [0.2, 0.25) is 11.8 Å². The fourth-order valence-corrected chi connectivity index (χ4v) is 4.40. The first-order valence-corrected chi connectivity index (χ1v) is 10.6. The molecule has 0 spiro atoms. The molecule has 160 valence electrons. The molecule has 0 bridgehead atoms. The molecule has 0 aliphatic carbocycles. The Morgan fingerprint density at radius 1 is 1.13 bits per heavy atom. The molecular weight excluding hydrogens is 388 g/mol. The van der Waals surface area contributed by atoms with Crippen molar-refractivity contribution in [2.24, 2.45) is 7.05 Å². The van der Waals surface area contributed by atoms with Crippen molar-refractivity contribution < 1.29 is 9.53 Å². The van der Waals surface area contributed by atoms with Crippen molar-refractivity contribution in [3.8, 4) is 5.88 Å². The molecule has 4 aromatic rings. The van der Waals surface area contributed by atoms with Crippen LogP contribution in [0.25, 0.3) is 21.8 Å². The summed E-state index contributed by atoms with van der Waals surface area (Å²) in [4.78, 5) is 19.9. The van der Waals surface area contributed by atoms with E-state index in [1.54, 1.807) is 11.8 Å². The Labute approximate surface area is 182 Å². The first kappa shape index (κ1) is 20.8. The molecule has 1 amide bonds. The second-order valence-corrected chi connectivity index (χ2v) is 7.77. The van der Waals surface area contributed by atoms with E-state index in [-0.39, 0.29) is 5.91 Å². The average molecular weight is 417 g/mol. The molecule has 0 saturated heterocycles. The lowest BCUT2D eigenvalue weighted by atomic mass is 9.99. The Morgan fingerprint density at radius 2 is 1.87 bits per heavy atom. The SMILES string of the molecule is CCN(C(=O)CCc1c(C)nc2c(c(OC)nn2C)c1C)c1cccc2ccccc12. The lowest BCUT2D eigenvalue weighted by Gasteiger charge is -2.23. The van der Waals surface area contributed by atoms with Crippen molar-refractivity contribution in [2.45, 2.75) is 33.6 Å². The summed E-state index contributed by atoms with van der Waals surface area (Å²) in [5, 5.41) is 7.56. The number of amides is 1. The maximum atomic E-state index is 13.3. The van der Waals surface area contributed by atoms with Crippen LogP contribution in [-0.4, -0.2) is 34.3 Å². The number of aryl methyl sites for hydroxylation is 3. The van der Waals surface area contributed by atoms with Crippen molar-refractivity contribution in [1.82, 2.24) is 14.8 Å². The van der Waals surface area contributed by atoms with Crippen molar-refractivity contribution in [1.29, 1.82) is 0 Å². The number of hydrogen-bond donors (Lipinski definition) is 0. The molecule has 31 heavy (non-hydrogen) atoms. The minimum atomic E-state index is 0.107. The summed E-state index contributed by atoms with van der Waals surface area (Å²) < 4.78 is 7.20. The van der Waals surface area contributed by atoms with Crippen molar-refractivity contribution in [2.75, 3.05) is 18.6 Å². The van der Waals surface area contributed by atoms with Crippen LogP contribution in [0.15, 0.2) is 42.5 Å². The van der Waals surface area contributed by atoms with Crippen LogP contribution in [0.1, 0.15) is 30.2 Å². The highest BCUT2D eigenvalue weighted by Gasteiger charge is 2.20. The number of rotatable bonds is 6. The molecule has 2 heterocycles. The number of pyridine rings is 1. The minimum Gasteiger partial charge on any atom is -0.479 e. The van der Waals surface area contributed by atoms with Crippen molar-refractivity contribution in [3.63, 3.8) is 0 Å². The molecule has 0 aliphatic rings. The van der Waals surface area contributed by atoms with Gasteiger partial charge in [0.1, 0.15) is 0 Å². The maximum Gasteiger partial charge on any atom is 0.242 e. The molecule has 2 aromatic heterocycles. The highest BCUT2D eigenvalue weighted by atomic mass is 16.5. The van der Waals surface area contributed by atoms with Crippen LogP contribution in [0.3, 0.4) is 0 Å². The van der Waals surface area contributed by atoms with Gasteiger partial charge in [0.15, 0.2) is 5.65 Å². The first-order chi connectivity index (χ1) is 15.0. The predicted octanol–water partition coefficient (Wildman–Crippen LogP) is 4.73. The molecule has 0 fully saturated rings. The van der Waals surface area contributed by atoms with Crippen LogP contribution in [0.4, 0.5) is 5.69 Å². The quantitative estimate of drug-likeness (QED) is 0.456. The van der Waals surface area contributed by atoms with Gasteiger partial charge in [-0.1, -0.05) is 36.4 Å². The van der Waals surface area contributed by atoms with Crippen LogP contribution >= 0.6 is 0 Å². The third kappa shape index (κ3) is 3.63. The zero-order chi connectivity index (χ0) is 22.1. The van der Waals surface area contributed by atoms with Gasteiger partial charge in [0.25, 0.3) is 0 Å². The lowest BCUT2D eigenvalue weighted by molar-refractivity contribution is -0.118. The number of benzene rings is 2. The van der Waals surface area contributed by atoms with E-state index in [9.17, 15) is 4.79 Å². The summed E-state index contributed by atoms with van der Waals surface area (Å²) in [6.07, 6.45) is 1.03. The Hall–Kier alpha value is -3.41. The largest absolute Gasteiger partial charge is 0.479 e. The van der Waals surface area contributed by atoms with E-state index in [2.05, 4.69) is 30.2 Å². The van der Waals surface area contributed by atoms with Gasteiger partial charge in [-0.3, -0.25) is 4.79 Å². The minimum absolute atomic E-state index is 0.107. The third-order valence-corrected chi connectivity index (χ3v) is 5.98. The van der Waals surface area contributed by atoms with E-state index >= 15 is 0 Å². The molecule has 6 nitrogen and oxygen atoms in total. The van der Waals surface area contributed by atoms with Crippen molar-refractivity contribution >= 4 is 33.4 Å². The van der Waals surface area contributed by atoms with Gasteiger partial charge in [0, 0.05) is 31.1 Å². The molecule has 0 atom stereocenters. The third-order valence-electron chi connectivity index (χ3n) is 5.98. The lowest BCUT2D eigenvalue weighted by Crippen LogP contribution is -2.31. The van der Waals surface area contributed by atoms with Crippen LogP contribution < -0.4 is 9.64 Å². The van der Waals surface area contributed by atoms with Crippen LogP contribution in [0.5, 0.6) is 5.88 Å². The fourth-order valence-electron chi connectivity index (χ4n) is 4.40. The van der Waals surface area contributed by atoms with Gasteiger partial charge in [-0.25, -0.2) is 9.67 Å². The Morgan fingerprint density at radius 3 is 2.61 bits per heavy atom. The summed E-state index contributed by atoms with van der Waals surface area (Å²) in [7, 11) is 3.48. The monoisotopic (exact) mass is 416 g/mol. The number of methoxy groups -OCH3 is 1. The summed E-state index contributed by atoms with van der Waals surface area (Å²) in [6, 6.07) is 14.3. The second kappa shape index (κ2) is 8.38. The molecule has 0 N–H and O–H groups in total. The number of hydrogen-bond acceptors (Lipinski definition) is 4. The van der Waals surface area contributed by atoms with Crippen molar-refractivity contribution in [3.05, 3.63) is 59.3 Å². The summed E-state index contributed by atoms with van der Waals surface area (Å²) in [6.45, 7) is 6.69. The molecule has 0 unspecified atom stereocenters. The molecule has 6 heteroatoms.